The fraction of sp³-hybridized carbons (Fsp3) is 0.667. The number of methoxy groups -OCH3 is 1. The number of rotatable bonds is 1. The average molecular weight is 170 g/mol. The van der Waals surface area contributed by atoms with Gasteiger partial charge in [0, 0.05) is 0 Å². The first-order chi connectivity index (χ1) is 5.65. The zero-order chi connectivity index (χ0) is 9.14. The molecule has 12 heavy (non-hydrogen) atoms. The Morgan fingerprint density at radius 3 is 2.92 bits per heavy atom. The predicted octanol–water partition coefficient (Wildman–Crippen LogP) is 0.877. The van der Waals surface area contributed by atoms with E-state index in [1.54, 1.807) is 6.08 Å². The molecule has 1 aliphatic rings. The Morgan fingerprint density at radius 2 is 2.42 bits per heavy atom. The third-order valence-electron chi connectivity index (χ3n) is 2.22. The molecule has 0 amide bonds. The molecule has 3 nitrogen and oxygen atoms in total. The molecule has 1 aliphatic carbocycles. The van der Waals surface area contributed by atoms with Crippen molar-refractivity contribution >= 4 is 5.97 Å². The Balaban J connectivity index is 2.64. The highest BCUT2D eigenvalue weighted by Crippen LogP contribution is 2.24. The molecule has 0 aromatic rings. The van der Waals surface area contributed by atoms with Gasteiger partial charge in [-0.3, -0.25) is 4.79 Å². The van der Waals surface area contributed by atoms with Crippen LogP contribution < -0.4 is 0 Å². The van der Waals surface area contributed by atoms with Crippen LogP contribution in [0.15, 0.2) is 11.6 Å². The van der Waals surface area contributed by atoms with Crippen LogP contribution in [-0.2, 0) is 9.53 Å². The standard InChI is InChI=1S/C9H14O3/c1-6-3-4-7(8(10)5-6)9(11)12-2/h5,7-8,10H,3-4H2,1-2H3. The molecule has 0 bridgehead atoms. The molecule has 1 N–H and O–H groups in total. The van der Waals surface area contributed by atoms with E-state index in [2.05, 4.69) is 4.74 Å². The largest absolute Gasteiger partial charge is 0.469 e. The molecular weight excluding hydrogens is 156 g/mol. The summed E-state index contributed by atoms with van der Waals surface area (Å²) in [6, 6.07) is 0. The molecular formula is C9H14O3. The second-order valence-electron chi connectivity index (χ2n) is 3.17. The Bertz CT molecular complexity index is 208. The predicted molar refractivity (Wildman–Crippen MR) is 44.5 cm³/mol. The van der Waals surface area contributed by atoms with E-state index >= 15 is 0 Å². The number of carbonyl (C=O) groups is 1. The van der Waals surface area contributed by atoms with Gasteiger partial charge in [-0.15, -0.1) is 0 Å². The van der Waals surface area contributed by atoms with E-state index in [0.29, 0.717) is 6.42 Å². The molecule has 0 spiro atoms. The van der Waals surface area contributed by atoms with Crippen molar-refractivity contribution in [2.75, 3.05) is 7.11 Å². The second-order valence-corrected chi connectivity index (χ2v) is 3.17. The number of hydrogen-bond acceptors (Lipinski definition) is 3. The molecule has 0 radical (unpaired) electrons. The normalized spacial score (nSPS) is 29.4. The maximum atomic E-state index is 11.1. The molecule has 2 unspecified atom stereocenters. The van der Waals surface area contributed by atoms with Gasteiger partial charge in [-0.05, 0) is 19.8 Å². The zero-order valence-electron chi connectivity index (χ0n) is 7.41. The summed E-state index contributed by atoms with van der Waals surface area (Å²) in [5.41, 5.74) is 1.14. The number of aliphatic hydroxyl groups excluding tert-OH is 1. The van der Waals surface area contributed by atoms with Crippen molar-refractivity contribution in [1.82, 2.24) is 0 Å². The third kappa shape index (κ3) is 1.85. The zero-order valence-corrected chi connectivity index (χ0v) is 7.41. The number of hydrogen-bond donors (Lipinski definition) is 1. The van der Waals surface area contributed by atoms with E-state index in [0.717, 1.165) is 12.0 Å². The maximum absolute atomic E-state index is 11.1. The lowest BCUT2D eigenvalue weighted by Gasteiger charge is -2.23. The van der Waals surface area contributed by atoms with Crippen molar-refractivity contribution in [3.63, 3.8) is 0 Å². The highest BCUT2D eigenvalue weighted by atomic mass is 16.5. The monoisotopic (exact) mass is 170 g/mol. The molecule has 0 saturated carbocycles. The van der Waals surface area contributed by atoms with Crippen molar-refractivity contribution in [3.05, 3.63) is 11.6 Å². The first kappa shape index (κ1) is 9.26. The summed E-state index contributed by atoms with van der Waals surface area (Å²) in [5, 5.41) is 9.46. The summed E-state index contributed by atoms with van der Waals surface area (Å²) in [7, 11) is 1.35. The number of carbonyl (C=O) groups excluding carboxylic acids is 1. The van der Waals surface area contributed by atoms with Crippen LogP contribution in [0, 0.1) is 5.92 Å². The van der Waals surface area contributed by atoms with Gasteiger partial charge >= 0.3 is 5.97 Å². The minimum Gasteiger partial charge on any atom is -0.469 e. The van der Waals surface area contributed by atoms with Gasteiger partial charge in [0.2, 0.25) is 0 Å². The average Bonchev–Trinajstić information content (AvgIpc) is 2.03. The van der Waals surface area contributed by atoms with Gasteiger partial charge in [-0.2, -0.15) is 0 Å². The highest BCUT2D eigenvalue weighted by Gasteiger charge is 2.28. The van der Waals surface area contributed by atoms with Crippen molar-refractivity contribution in [2.24, 2.45) is 5.92 Å². The summed E-state index contributed by atoms with van der Waals surface area (Å²) in [5.74, 6) is -0.676. The van der Waals surface area contributed by atoms with Gasteiger partial charge < -0.3 is 9.84 Å². The van der Waals surface area contributed by atoms with Crippen LogP contribution in [0.1, 0.15) is 19.8 Å². The fourth-order valence-corrected chi connectivity index (χ4v) is 1.45. The number of esters is 1. The van der Waals surface area contributed by atoms with Crippen LogP contribution >= 0.6 is 0 Å². The molecule has 0 saturated heterocycles. The second kappa shape index (κ2) is 3.72. The number of ether oxygens (including phenoxy) is 1. The molecule has 68 valence electrons. The Kier molecular flexibility index (Phi) is 2.87. The van der Waals surface area contributed by atoms with Gasteiger partial charge in [0.1, 0.15) is 0 Å². The number of allylic oxidation sites excluding steroid dienone is 1. The minimum absolute atomic E-state index is 0.314. The molecule has 0 heterocycles. The van der Waals surface area contributed by atoms with Gasteiger partial charge in [-0.1, -0.05) is 11.6 Å². The van der Waals surface area contributed by atoms with Gasteiger partial charge in [-0.25, -0.2) is 0 Å². The van der Waals surface area contributed by atoms with E-state index in [4.69, 9.17) is 0 Å². The van der Waals surface area contributed by atoms with Gasteiger partial charge in [0.25, 0.3) is 0 Å². The summed E-state index contributed by atoms with van der Waals surface area (Å²) in [6.07, 6.45) is 2.63. The van der Waals surface area contributed by atoms with E-state index in [1.165, 1.54) is 7.11 Å². The summed E-state index contributed by atoms with van der Waals surface area (Å²) in [6.45, 7) is 1.96. The van der Waals surface area contributed by atoms with Crippen molar-refractivity contribution in [1.29, 1.82) is 0 Å². The van der Waals surface area contributed by atoms with E-state index in [9.17, 15) is 9.90 Å². The first-order valence-corrected chi connectivity index (χ1v) is 4.08. The summed E-state index contributed by atoms with van der Waals surface area (Å²) in [4.78, 5) is 11.1. The molecule has 0 fully saturated rings. The molecule has 1 rings (SSSR count). The Hall–Kier alpha value is -0.830. The molecule has 0 aromatic heterocycles. The lowest BCUT2D eigenvalue weighted by molar-refractivity contribution is -0.148. The smallest absolute Gasteiger partial charge is 0.311 e. The van der Waals surface area contributed by atoms with Gasteiger partial charge in [0.05, 0.1) is 19.1 Å². The van der Waals surface area contributed by atoms with Crippen LogP contribution in [0.2, 0.25) is 0 Å². The van der Waals surface area contributed by atoms with Crippen LogP contribution in [0.5, 0.6) is 0 Å². The van der Waals surface area contributed by atoms with Gasteiger partial charge in [0.15, 0.2) is 0 Å². The fourth-order valence-electron chi connectivity index (χ4n) is 1.45. The first-order valence-electron chi connectivity index (χ1n) is 4.08. The van der Waals surface area contributed by atoms with Crippen molar-refractivity contribution < 1.29 is 14.6 Å². The van der Waals surface area contributed by atoms with E-state index in [-0.39, 0.29) is 11.9 Å². The quantitative estimate of drug-likeness (QED) is 0.469. The van der Waals surface area contributed by atoms with Crippen LogP contribution in [0.3, 0.4) is 0 Å². The van der Waals surface area contributed by atoms with Crippen LogP contribution in [0.4, 0.5) is 0 Å². The molecule has 0 aromatic carbocycles. The third-order valence-corrected chi connectivity index (χ3v) is 2.22. The molecule has 0 aliphatic heterocycles. The molecule has 3 heteroatoms. The van der Waals surface area contributed by atoms with Crippen LogP contribution in [0.25, 0.3) is 0 Å². The maximum Gasteiger partial charge on any atom is 0.311 e. The Labute approximate surface area is 72.0 Å². The van der Waals surface area contributed by atoms with E-state index < -0.39 is 6.10 Å². The summed E-state index contributed by atoms with van der Waals surface area (Å²) < 4.78 is 4.57. The number of aliphatic hydroxyl groups is 1. The highest BCUT2D eigenvalue weighted by molar-refractivity contribution is 5.73. The summed E-state index contributed by atoms with van der Waals surface area (Å²) >= 11 is 0. The minimum atomic E-state index is -0.661. The van der Waals surface area contributed by atoms with Crippen molar-refractivity contribution in [2.45, 2.75) is 25.9 Å². The van der Waals surface area contributed by atoms with Crippen molar-refractivity contribution in [3.8, 4) is 0 Å². The SMILES string of the molecule is COC(=O)C1CCC(C)=CC1O. The lowest BCUT2D eigenvalue weighted by Crippen LogP contribution is -2.30. The van der Waals surface area contributed by atoms with Crippen LogP contribution in [-0.4, -0.2) is 24.3 Å². The topological polar surface area (TPSA) is 46.5 Å². The molecule has 2 atom stereocenters. The lowest BCUT2D eigenvalue weighted by atomic mass is 9.88. The van der Waals surface area contributed by atoms with E-state index in [1.807, 2.05) is 6.92 Å². The Morgan fingerprint density at radius 1 is 1.75 bits per heavy atom.